The van der Waals surface area contributed by atoms with Gasteiger partial charge in [0, 0.05) is 24.7 Å². The number of aliphatic hydroxyl groups is 2. The van der Waals surface area contributed by atoms with Crippen LogP contribution in [0.2, 0.25) is 0 Å². The summed E-state index contributed by atoms with van der Waals surface area (Å²) in [6.07, 6.45) is 1.10. The fourth-order valence-electron chi connectivity index (χ4n) is 3.18. The van der Waals surface area contributed by atoms with Gasteiger partial charge in [0.25, 0.3) is 0 Å². The van der Waals surface area contributed by atoms with E-state index in [9.17, 15) is 34.5 Å². The van der Waals surface area contributed by atoms with Gasteiger partial charge < -0.3 is 47.1 Å². The molecule has 0 spiro atoms. The maximum Gasteiger partial charge on any atom is 0.326 e. The lowest BCUT2D eigenvalue weighted by Gasteiger charge is -2.26. The molecule has 1 aromatic heterocycles. The van der Waals surface area contributed by atoms with E-state index in [0.717, 1.165) is 0 Å². The number of phenolic OH excluding ortho intramolecular Hbond substituents is 1. The van der Waals surface area contributed by atoms with Crippen molar-refractivity contribution in [3.8, 4) is 5.75 Å². The molecule has 5 unspecified atom stereocenters. The number of aliphatic hydroxyl groups excluding tert-OH is 2. The van der Waals surface area contributed by atoms with Crippen LogP contribution in [0, 0.1) is 0 Å². The summed E-state index contributed by atoms with van der Waals surface area (Å²) in [6, 6.07) is 0.243. The second-order valence-corrected chi connectivity index (χ2v) is 8.13. The number of phenols is 1. The van der Waals surface area contributed by atoms with Crippen molar-refractivity contribution >= 4 is 23.7 Å². The van der Waals surface area contributed by atoms with E-state index in [1.807, 2.05) is 0 Å². The van der Waals surface area contributed by atoms with E-state index in [0.29, 0.717) is 11.3 Å². The Balaban J connectivity index is 2.18. The number of rotatable bonds is 13. The van der Waals surface area contributed by atoms with E-state index >= 15 is 0 Å². The number of carbonyl (C=O) groups is 4. The molecule has 36 heavy (non-hydrogen) atoms. The van der Waals surface area contributed by atoms with Crippen molar-refractivity contribution < 1.29 is 39.6 Å². The number of nitrogens with one attached hydrogen (secondary N) is 4. The van der Waals surface area contributed by atoms with Crippen LogP contribution in [0.3, 0.4) is 0 Å². The Bertz CT molecular complexity index is 1030. The number of amides is 3. The number of carboxylic acids is 1. The van der Waals surface area contributed by atoms with Crippen LogP contribution in [0.1, 0.15) is 18.2 Å². The maximum atomic E-state index is 13.1. The van der Waals surface area contributed by atoms with Crippen LogP contribution in [0.5, 0.6) is 5.75 Å². The topological polar surface area (TPSA) is 240 Å². The first kappa shape index (κ1) is 28.2. The first-order valence-corrected chi connectivity index (χ1v) is 10.9. The number of aliphatic carboxylic acids is 1. The molecule has 2 rings (SSSR count). The predicted molar refractivity (Wildman–Crippen MR) is 124 cm³/mol. The Labute approximate surface area is 205 Å². The number of nitrogens with two attached hydrogens (primary N) is 1. The molecule has 196 valence electrons. The lowest BCUT2D eigenvalue weighted by atomic mass is 10.0. The minimum atomic E-state index is -1.56. The third-order valence-electron chi connectivity index (χ3n) is 5.20. The number of carbonyl (C=O) groups excluding carboxylic acids is 3. The molecule has 3 amide bonds. The van der Waals surface area contributed by atoms with E-state index in [1.54, 1.807) is 0 Å². The maximum absolute atomic E-state index is 13.1. The highest BCUT2D eigenvalue weighted by Crippen LogP contribution is 2.12. The lowest BCUT2D eigenvalue weighted by molar-refractivity contribution is -0.143. The van der Waals surface area contributed by atoms with Gasteiger partial charge in [0.15, 0.2) is 0 Å². The summed E-state index contributed by atoms with van der Waals surface area (Å²) in [4.78, 5) is 56.3. The zero-order valence-electron chi connectivity index (χ0n) is 19.4. The molecular weight excluding hydrogens is 476 g/mol. The van der Waals surface area contributed by atoms with Crippen molar-refractivity contribution in [2.45, 2.75) is 50.0 Å². The van der Waals surface area contributed by atoms with Crippen LogP contribution >= 0.6 is 0 Å². The number of H-pyrrole nitrogens is 1. The summed E-state index contributed by atoms with van der Waals surface area (Å²) < 4.78 is 0. The number of hydrogen-bond acceptors (Lipinski definition) is 9. The van der Waals surface area contributed by atoms with Crippen molar-refractivity contribution in [3.63, 3.8) is 0 Å². The van der Waals surface area contributed by atoms with E-state index in [1.165, 1.54) is 43.7 Å². The molecule has 1 aromatic carbocycles. The molecule has 0 fully saturated rings. The number of benzene rings is 1. The number of carboxylic acid groups (broad SMARTS) is 1. The van der Waals surface area contributed by atoms with Gasteiger partial charge in [-0.15, -0.1) is 0 Å². The van der Waals surface area contributed by atoms with Gasteiger partial charge >= 0.3 is 5.97 Å². The van der Waals surface area contributed by atoms with E-state index in [2.05, 4.69) is 25.9 Å². The highest BCUT2D eigenvalue weighted by molar-refractivity contribution is 5.94. The molecule has 0 saturated carbocycles. The minimum Gasteiger partial charge on any atom is -0.508 e. The summed E-state index contributed by atoms with van der Waals surface area (Å²) in [5, 5.41) is 45.2. The van der Waals surface area contributed by atoms with Crippen molar-refractivity contribution in [1.29, 1.82) is 0 Å². The molecule has 0 aliphatic carbocycles. The molecule has 1 heterocycles. The van der Waals surface area contributed by atoms with Gasteiger partial charge in [-0.3, -0.25) is 14.4 Å². The molecule has 0 bridgehead atoms. The van der Waals surface area contributed by atoms with Crippen molar-refractivity contribution in [1.82, 2.24) is 25.9 Å². The molecular formula is C22H30N6O8. The molecule has 0 saturated heterocycles. The average Bonchev–Trinajstić information content (AvgIpc) is 3.35. The van der Waals surface area contributed by atoms with Gasteiger partial charge in [-0.25, -0.2) is 9.78 Å². The van der Waals surface area contributed by atoms with Crippen LogP contribution in [0.15, 0.2) is 36.8 Å². The van der Waals surface area contributed by atoms with E-state index in [4.69, 9.17) is 10.8 Å². The fraction of sp³-hybridized carbons (Fsp3) is 0.409. The molecule has 14 nitrogen and oxygen atoms in total. The first-order chi connectivity index (χ1) is 17.0. The van der Waals surface area contributed by atoms with Crippen LogP contribution in [-0.2, 0) is 32.0 Å². The Morgan fingerprint density at radius 1 is 1.00 bits per heavy atom. The molecule has 10 N–H and O–H groups in total. The van der Waals surface area contributed by atoms with Gasteiger partial charge in [-0.05, 0) is 24.6 Å². The quantitative estimate of drug-likeness (QED) is 0.135. The number of aromatic hydroxyl groups is 1. The smallest absolute Gasteiger partial charge is 0.326 e. The summed E-state index contributed by atoms with van der Waals surface area (Å²) in [6.45, 7) is 0.551. The van der Waals surface area contributed by atoms with E-state index in [-0.39, 0.29) is 18.6 Å². The number of nitrogens with zero attached hydrogens (tertiary/aromatic N) is 1. The third-order valence-corrected chi connectivity index (χ3v) is 5.20. The molecule has 14 heteroatoms. The van der Waals surface area contributed by atoms with Crippen molar-refractivity contribution in [3.05, 3.63) is 48.0 Å². The van der Waals surface area contributed by atoms with Crippen molar-refractivity contribution in [2.24, 2.45) is 5.73 Å². The normalized spacial score (nSPS) is 15.1. The number of aromatic nitrogens is 2. The molecule has 0 aliphatic heterocycles. The van der Waals surface area contributed by atoms with Gasteiger partial charge in [0.05, 0.1) is 19.0 Å². The third kappa shape index (κ3) is 8.33. The van der Waals surface area contributed by atoms with Gasteiger partial charge in [-0.2, -0.15) is 0 Å². The molecule has 0 radical (unpaired) electrons. The lowest BCUT2D eigenvalue weighted by Crippen LogP contribution is -2.60. The fourth-order valence-corrected chi connectivity index (χ4v) is 3.18. The predicted octanol–water partition coefficient (Wildman–Crippen LogP) is -2.86. The number of imidazole rings is 1. The molecule has 5 atom stereocenters. The van der Waals surface area contributed by atoms with Crippen LogP contribution in [0.4, 0.5) is 0 Å². The standard InChI is InChI=1S/C22H30N6O8/c1-11(30)18(21(34)27-17(22(35)36)7-13-8-24-10-25-13)28-20(33)16(26-19(32)15(23)9-29)6-12-2-4-14(31)5-3-12/h2-5,8,10-11,15-18,29-31H,6-7,9,23H2,1H3,(H,24,25)(H,26,32)(H,27,34)(H,28,33)(H,35,36). The summed E-state index contributed by atoms with van der Waals surface area (Å²) in [5.74, 6) is -4.03. The highest BCUT2D eigenvalue weighted by Gasteiger charge is 2.33. The summed E-state index contributed by atoms with van der Waals surface area (Å²) in [5.41, 5.74) is 6.50. The summed E-state index contributed by atoms with van der Waals surface area (Å²) >= 11 is 0. The Hall–Kier alpha value is -4.01. The Morgan fingerprint density at radius 3 is 2.17 bits per heavy atom. The number of hydrogen-bond donors (Lipinski definition) is 9. The van der Waals surface area contributed by atoms with Crippen LogP contribution in [0.25, 0.3) is 0 Å². The van der Waals surface area contributed by atoms with Gasteiger partial charge in [0.2, 0.25) is 17.7 Å². The highest BCUT2D eigenvalue weighted by atomic mass is 16.4. The largest absolute Gasteiger partial charge is 0.508 e. The second kappa shape index (κ2) is 13.2. The van der Waals surface area contributed by atoms with Gasteiger partial charge in [-0.1, -0.05) is 12.1 Å². The summed E-state index contributed by atoms with van der Waals surface area (Å²) in [7, 11) is 0. The van der Waals surface area contributed by atoms with Crippen LogP contribution in [-0.4, -0.2) is 91.0 Å². The Kier molecular flexibility index (Phi) is 10.3. The monoisotopic (exact) mass is 506 g/mol. The molecule has 0 aliphatic rings. The minimum absolute atomic E-state index is 0.0138. The zero-order valence-corrected chi connectivity index (χ0v) is 19.4. The van der Waals surface area contributed by atoms with E-state index < -0.39 is 60.6 Å². The molecule has 2 aromatic rings. The second-order valence-electron chi connectivity index (χ2n) is 8.13. The zero-order chi connectivity index (χ0) is 26.8. The van der Waals surface area contributed by atoms with Gasteiger partial charge in [0.1, 0.15) is 29.9 Å². The SMILES string of the molecule is CC(O)C(NC(=O)C(Cc1ccc(O)cc1)NC(=O)C(N)CO)C(=O)NC(Cc1cnc[nH]1)C(=O)O. The first-order valence-electron chi connectivity index (χ1n) is 10.9. The average molecular weight is 507 g/mol. The number of aromatic amines is 1. The van der Waals surface area contributed by atoms with Crippen LogP contribution < -0.4 is 21.7 Å². The van der Waals surface area contributed by atoms with Crippen molar-refractivity contribution in [2.75, 3.05) is 6.61 Å². The Morgan fingerprint density at radius 2 is 1.64 bits per heavy atom.